The number of amides is 1. The number of anilines is 2. The lowest BCUT2D eigenvalue weighted by molar-refractivity contribution is 0.102. The summed E-state index contributed by atoms with van der Waals surface area (Å²) in [5.74, 6) is 0.511. The second kappa shape index (κ2) is 7.34. The summed E-state index contributed by atoms with van der Waals surface area (Å²) in [7, 11) is 0. The van der Waals surface area contributed by atoms with Crippen LogP contribution in [-0.4, -0.2) is 27.6 Å². The Kier molecular flexibility index (Phi) is 5.19. The Labute approximate surface area is 121 Å². The Morgan fingerprint density at radius 3 is 3.00 bits per heavy atom. The van der Waals surface area contributed by atoms with Crippen LogP contribution in [0.5, 0.6) is 0 Å². The molecule has 7 heteroatoms. The van der Waals surface area contributed by atoms with Crippen LogP contribution in [-0.2, 0) is 0 Å². The van der Waals surface area contributed by atoms with Crippen molar-refractivity contribution < 1.29 is 4.79 Å². The van der Waals surface area contributed by atoms with Crippen molar-refractivity contribution in [1.82, 2.24) is 15.2 Å². The predicted molar refractivity (Wildman–Crippen MR) is 80.0 cm³/mol. The molecule has 0 unspecified atom stereocenters. The van der Waals surface area contributed by atoms with Crippen LogP contribution in [0.4, 0.5) is 10.9 Å². The van der Waals surface area contributed by atoms with Crippen LogP contribution in [0.25, 0.3) is 0 Å². The molecule has 2 aromatic rings. The number of pyridine rings is 1. The fourth-order valence-corrected chi connectivity index (χ4v) is 1.92. The molecule has 0 aliphatic carbocycles. The van der Waals surface area contributed by atoms with Gasteiger partial charge in [-0.15, -0.1) is 10.2 Å². The summed E-state index contributed by atoms with van der Waals surface area (Å²) in [4.78, 5) is 16.1. The highest BCUT2D eigenvalue weighted by Crippen LogP contribution is 2.11. The highest BCUT2D eigenvalue weighted by atomic mass is 32.1. The third-order valence-corrected chi connectivity index (χ3v) is 3.07. The van der Waals surface area contributed by atoms with Crippen LogP contribution in [0.1, 0.15) is 23.7 Å². The fourth-order valence-electron chi connectivity index (χ4n) is 1.48. The van der Waals surface area contributed by atoms with E-state index in [1.54, 1.807) is 17.6 Å². The maximum atomic E-state index is 11.9. The summed E-state index contributed by atoms with van der Waals surface area (Å²) in [6, 6.07) is 3.51. The molecule has 20 heavy (non-hydrogen) atoms. The molecular formula is C13H15N5OS. The van der Waals surface area contributed by atoms with E-state index in [-0.39, 0.29) is 5.91 Å². The third kappa shape index (κ3) is 4.13. The van der Waals surface area contributed by atoms with Crippen LogP contribution in [0.2, 0.25) is 0 Å². The first-order valence-electron chi connectivity index (χ1n) is 6.18. The van der Waals surface area contributed by atoms with Gasteiger partial charge in [-0.3, -0.25) is 10.1 Å². The van der Waals surface area contributed by atoms with Crippen molar-refractivity contribution in [1.29, 1.82) is 0 Å². The van der Waals surface area contributed by atoms with Gasteiger partial charge in [0.15, 0.2) is 0 Å². The normalized spacial score (nSPS) is 10.7. The molecule has 0 bridgehead atoms. The van der Waals surface area contributed by atoms with Gasteiger partial charge in [-0.05, 0) is 25.5 Å². The molecular weight excluding hydrogens is 274 g/mol. The Hall–Kier alpha value is -2.28. The van der Waals surface area contributed by atoms with Crippen LogP contribution >= 0.6 is 11.3 Å². The van der Waals surface area contributed by atoms with E-state index in [0.29, 0.717) is 10.7 Å². The van der Waals surface area contributed by atoms with Crippen molar-refractivity contribution in [2.75, 3.05) is 17.2 Å². The fraction of sp³-hybridized carbons (Fsp3) is 0.231. The van der Waals surface area contributed by atoms with Gasteiger partial charge < -0.3 is 5.32 Å². The average molecular weight is 289 g/mol. The number of nitrogens with one attached hydrogen (secondary N) is 2. The largest absolute Gasteiger partial charge is 0.370 e. The summed E-state index contributed by atoms with van der Waals surface area (Å²) in [6.45, 7) is 2.80. The number of aromatic nitrogens is 3. The minimum atomic E-state index is -0.241. The Morgan fingerprint density at radius 1 is 1.45 bits per heavy atom. The molecule has 0 aliphatic rings. The van der Waals surface area contributed by atoms with Crippen molar-refractivity contribution in [3.63, 3.8) is 0 Å². The van der Waals surface area contributed by atoms with Gasteiger partial charge in [0.25, 0.3) is 5.91 Å². The second-order valence-corrected chi connectivity index (χ2v) is 4.75. The molecule has 0 aromatic carbocycles. The van der Waals surface area contributed by atoms with E-state index >= 15 is 0 Å². The SMILES string of the molecule is C/C=C/CCNc1ccc(C(=O)Nc2nncs2)cn1. The molecule has 6 nitrogen and oxygen atoms in total. The highest BCUT2D eigenvalue weighted by molar-refractivity contribution is 7.13. The van der Waals surface area contributed by atoms with Gasteiger partial charge in [-0.1, -0.05) is 23.5 Å². The first-order valence-corrected chi connectivity index (χ1v) is 7.06. The van der Waals surface area contributed by atoms with Gasteiger partial charge in [0.05, 0.1) is 5.56 Å². The number of carbonyl (C=O) groups excluding carboxylic acids is 1. The van der Waals surface area contributed by atoms with Crippen LogP contribution in [0, 0.1) is 0 Å². The van der Waals surface area contributed by atoms with Gasteiger partial charge in [0.1, 0.15) is 11.3 Å². The van der Waals surface area contributed by atoms with Gasteiger partial charge in [0, 0.05) is 12.7 Å². The number of allylic oxidation sites excluding steroid dienone is 1. The maximum absolute atomic E-state index is 11.9. The highest BCUT2D eigenvalue weighted by Gasteiger charge is 2.08. The summed E-state index contributed by atoms with van der Waals surface area (Å²) in [6.07, 6.45) is 6.57. The Morgan fingerprint density at radius 2 is 2.35 bits per heavy atom. The van der Waals surface area contributed by atoms with E-state index in [1.807, 2.05) is 13.0 Å². The molecule has 1 amide bonds. The summed E-state index contributed by atoms with van der Waals surface area (Å²) in [5.41, 5.74) is 2.05. The van der Waals surface area contributed by atoms with Crippen molar-refractivity contribution >= 4 is 28.2 Å². The molecule has 2 aromatic heterocycles. The van der Waals surface area contributed by atoms with E-state index < -0.39 is 0 Å². The van der Waals surface area contributed by atoms with Crippen LogP contribution in [0.3, 0.4) is 0 Å². The van der Waals surface area contributed by atoms with E-state index in [1.165, 1.54) is 17.5 Å². The van der Waals surface area contributed by atoms with E-state index in [4.69, 9.17) is 0 Å². The van der Waals surface area contributed by atoms with Gasteiger partial charge >= 0.3 is 0 Å². The lowest BCUT2D eigenvalue weighted by atomic mass is 10.2. The Bertz CT molecular complexity index is 565. The van der Waals surface area contributed by atoms with E-state index in [2.05, 4.69) is 31.9 Å². The number of nitrogens with zero attached hydrogens (tertiary/aromatic N) is 3. The molecule has 2 rings (SSSR count). The predicted octanol–water partition coefficient (Wildman–Crippen LogP) is 2.56. The molecule has 0 radical (unpaired) electrons. The molecule has 0 spiro atoms. The van der Waals surface area contributed by atoms with E-state index in [0.717, 1.165) is 18.8 Å². The lowest BCUT2D eigenvalue weighted by Gasteiger charge is -2.05. The Balaban J connectivity index is 1.89. The van der Waals surface area contributed by atoms with Crippen molar-refractivity contribution in [2.24, 2.45) is 0 Å². The zero-order valence-corrected chi connectivity index (χ0v) is 11.9. The zero-order chi connectivity index (χ0) is 14.2. The number of hydrogen-bond acceptors (Lipinski definition) is 6. The topological polar surface area (TPSA) is 79.8 Å². The number of rotatable bonds is 6. The number of hydrogen-bond donors (Lipinski definition) is 2. The number of carbonyl (C=O) groups is 1. The molecule has 104 valence electrons. The zero-order valence-electron chi connectivity index (χ0n) is 11.0. The maximum Gasteiger partial charge on any atom is 0.259 e. The third-order valence-electron chi connectivity index (χ3n) is 2.46. The smallest absolute Gasteiger partial charge is 0.259 e. The molecule has 0 atom stereocenters. The quantitative estimate of drug-likeness (QED) is 0.631. The standard InChI is InChI=1S/C13H15N5OS/c1-2-3-4-7-14-11-6-5-10(8-15-11)12(19)17-13-18-16-9-20-13/h2-3,5-6,8-9H,4,7H2,1H3,(H,14,15)(H,17,18,19)/b3-2+. The lowest BCUT2D eigenvalue weighted by Crippen LogP contribution is -2.12. The first-order chi connectivity index (χ1) is 9.79. The molecule has 0 saturated carbocycles. The van der Waals surface area contributed by atoms with Gasteiger partial charge in [0.2, 0.25) is 5.13 Å². The minimum Gasteiger partial charge on any atom is -0.370 e. The van der Waals surface area contributed by atoms with Crippen molar-refractivity contribution in [2.45, 2.75) is 13.3 Å². The minimum absolute atomic E-state index is 0.241. The molecule has 0 fully saturated rings. The van der Waals surface area contributed by atoms with Crippen LogP contribution in [0.15, 0.2) is 36.0 Å². The van der Waals surface area contributed by atoms with Crippen molar-refractivity contribution in [3.8, 4) is 0 Å². The van der Waals surface area contributed by atoms with Gasteiger partial charge in [-0.25, -0.2) is 4.98 Å². The monoisotopic (exact) mass is 289 g/mol. The van der Waals surface area contributed by atoms with E-state index in [9.17, 15) is 4.79 Å². The average Bonchev–Trinajstić information content (AvgIpc) is 2.97. The summed E-state index contributed by atoms with van der Waals surface area (Å²) < 4.78 is 0. The van der Waals surface area contributed by atoms with Crippen LogP contribution < -0.4 is 10.6 Å². The second-order valence-electron chi connectivity index (χ2n) is 3.91. The summed E-state index contributed by atoms with van der Waals surface area (Å²) >= 11 is 1.27. The molecule has 2 heterocycles. The first kappa shape index (κ1) is 14.1. The summed E-state index contributed by atoms with van der Waals surface area (Å²) in [5, 5.41) is 13.7. The molecule has 0 aliphatic heterocycles. The van der Waals surface area contributed by atoms with Crippen molar-refractivity contribution in [3.05, 3.63) is 41.6 Å². The molecule has 0 saturated heterocycles. The molecule has 2 N–H and O–H groups in total. The van der Waals surface area contributed by atoms with Gasteiger partial charge in [-0.2, -0.15) is 0 Å².